The highest BCUT2D eigenvalue weighted by Crippen LogP contribution is 2.08. The van der Waals surface area contributed by atoms with Crippen LogP contribution in [0, 0.1) is 0 Å². The third kappa shape index (κ3) is 4.34. The zero-order chi connectivity index (χ0) is 12.5. The summed E-state index contributed by atoms with van der Waals surface area (Å²) >= 11 is 0. The van der Waals surface area contributed by atoms with E-state index in [-0.39, 0.29) is 0 Å². The third-order valence-electron chi connectivity index (χ3n) is 2.45. The van der Waals surface area contributed by atoms with Crippen LogP contribution in [0.15, 0.2) is 70.6 Å². The summed E-state index contributed by atoms with van der Waals surface area (Å²) in [5.41, 5.74) is 2.21. The molecule has 2 rings (SSSR count). The van der Waals surface area contributed by atoms with Crippen LogP contribution in [0.25, 0.3) is 0 Å². The van der Waals surface area contributed by atoms with E-state index in [2.05, 4.69) is 22.1 Å². The van der Waals surface area contributed by atoms with Gasteiger partial charge in [0.15, 0.2) is 0 Å². The summed E-state index contributed by atoms with van der Waals surface area (Å²) in [5, 5.41) is 0. The summed E-state index contributed by atoms with van der Waals surface area (Å²) < 4.78 is 0. The van der Waals surface area contributed by atoms with Gasteiger partial charge in [0.1, 0.15) is 0 Å². The van der Waals surface area contributed by atoms with E-state index < -0.39 is 0 Å². The lowest BCUT2D eigenvalue weighted by Gasteiger charge is -1.93. The van der Waals surface area contributed by atoms with Crippen molar-refractivity contribution in [2.45, 2.75) is 13.0 Å². The molecule has 0 saturated heterocycles. The molecule has 0 bridgehead atoms. The summed E-state index contributed by atoms with van der Waals surface area (Å²) in [7, 11) is 0. The Balaban J connectivity index is 1.74. The summed E-state index contributed by atoms with van der Waals surface area (Å²) in [6.07, 6.45) is 4.55. The molecule has 0 aliphatic carbocycles. The lowest BCUT2D eigenvalue weighted by molar-refractivity contribution is 1.07. The number of aliphatic imine (C=N–C) groups is 2. The lowest BCUT2D eigenvalue weighted by Crippen LogP contribution is -1.82. The van der Waals surface area contributed by atoms with E-state index in [1.165, 1.54) is 5.56 Å². The van der Waals surface area contributed by atoms with Gasteiger partial charge >= 0.3 is 0 Å². The Bertz CT molecular complexity index is 501. The molecular formula is C16H16N2. The molecule has 18 heavy (non-hydrogen) atoms. The number of nitrogens with zero attached hydrogens (tertiary/aromatic N) is 2. The molecule has 0 aromatic heterocycles. The van der Waals surface area contributed by atoms with Gasteiger partial charge < -0.3 is 0 Å². The van der Waals surface area contributed by atoms with E-state index in [9.17, 15) is 0 Å². The SMILES string of the molecule is C(/C/C=N/c1ccccc1)=N\Cc1ccccc1. The second kappa shape index (κ2) is 7.17. The normalized spacial score (nSPS) is 11.3. The summed E-state index contributed by atoms with van der Waals surface area (Å²) in [4.78, 5) is 8.69. The van der Waals surface area contributed by atoms with Crippen molar-refractivity contribution in [3.05, 3.63) is 66.2 Å². The first-order chi connectivity index (χ1) is 8.95. The van der Waals surface area contributed by atoms with Gasteiger partial charge in [-0.1, -0.05) is 48.5 Å². The topological polar surface area (TPSA) is 24.7 Å². The Kier molecular flexibility index (Phi) is 4.88. The molecule has 2 aromatic carbocycles. The Labute approximate surface area is 108 Å². The molecule has 2 aromatic rings. The molecule has 0 atom stereocenters. The minimum absolute atomic E-state index is 0.736. The van der Waals surface area contributed by atoms with E-state index in [4.69, 9.17) is 0 Å². The Morgan fingerprint density at radius 3 is 2.17 bits per heavy atom. The fourth-order valence-electron chi connectivity index (χ4n) is 1.55. The van der Waals surface area contributed by atoms with Crippen molar-refractivity contribution in [2.24, 2.45) is 9.98 Å². The molecule has 0 N–H and O–H groups in total. The quantitative estimate of drug-likeness (QED) is 0.700. The minimum Gasteiger partial charge on any atom is -0.292 e. The number of hydrogen-bond acceptors (Lipinski definition) is 2. The predicted octanol–water partition coefficient (Wildman–Crippen LogP) is 4.05. The number of benzene rings is 2. The smallest absolute Gasteiger partial charge is 0.0635 e. The molecule has 0 saturated carbocycles. The number of para-hydroxylation sites is 1. The maximum atomic E-state index is 4.36. The van der Waals surface area contributed by atoms with Crippen LogP contribution in [0.4, 0.5) is 5.69 Å². The van der Waals surface area contributed by atoms with E-state index in [1.54, 1.807) is 0 Å². The van der Waals surface area contributed by atoms with Crippen LogP contribution in [-0.4, -0.2) is 12.4 Å². The van der Waals surface area contributed by atoms with Gasteiger partial charge in [-0.2, -0.15) is 0 Å². The van der Waals surface area contributed by atoms with Gasteiger partial charge in [0, 0.05) is 18.9 Å². The van der Waals surface area contributed by atoms with Crippen molar-refractivity contribution in [2.75, 3.05) is 0 Å². The van der Waals surface area contributed by atoms with Gasteiger partial charge in [0.2, 0.25) is 0 Å². The van der Waals surface area contributed by atoms with Gasteiger partial charge in [-0.25, -0.2) is 0 Å². The van der Waals surface area contributed by atoms with Crippen molar-refractivity contribution in [1.29, 1.82) is 0 Å². The van der Waals surface area contributed by atoms with Crippen LogP contribution >= 0.6 is 0 Å². The van der Waals surface area contributed by atoms with E-state index in [1.807, 2.05) is 61.0 Å². The average Bonchev–Trinajstić information content (AvgIpc) is 2.45. The summed E-state index contributed by atoms with van der Waals surface area (Å²) in [5.74, 6) is 0. The lowest BCUT2D eigenvalue weighted by atomic mass is 10.2. The second-order valence-electron chi connectivity index (χ2n) is 3.89. The highest BCUT2D eigenvalue weighted by Gasteiger charge is 1.86. The molecule has 0 heterocycles. The first kappa shape index (κ1) is 12.2. The van der Waals surface area contributed by atoms with E-state index in [0.29, 0.717) is 0 Å². The predicted molar refractivity (Wildman–Crippen MR) is 77.8 cm³/mol. The maximum absolute atomic E-state index is 4.36. The molecule has 0 amide bonds. The summed E-state index contributed by atoms with van der Waals surface area (Å²) in [6, 6.07) is 20.1. The van der Waals surface area contributed by atoms with E-state index >= 15 is 0 Å². The zero-order valence-corrected chi connectivity index (χ0v) is 10.2. The van der Waals surface area contributed by atoms with E-state index in [0.717, 1.165) is 18.7 Å². The monoisotopic (exact) mass is 236 g/mol. The second-order valence-corrected chi connectivity index (χ2v) is 3.89. The number of hydrogen-bond donors (Lipinski definition) is 0. The molecule has 90 valence electrons. The Morgan fingerprint density at radius 2 is 1.44 bits per heavy atom. The van der Waals surface area contributed by atoms with Crippen molar-refractivity contribution < 1.29 is 0 Å². The molecule has 0 fully saturated rings. The van der Waals surface area contributed by atoms with Gasteiger partial charge in [0.05, 0.1) is 12.2 Å². The molecule has 0 unspecified atom stereocenters. The molecule has 2 heteroatoms. The maximum Gasteiger partial charge on any atom is 0.0635 e. The Hall–Kier alpha value is -2.22. The minimum atomic E-state index is 0.736. The highest BCUT2D eigenvalue weighted by molar-refractivity contribution is 5.80. The molecule has 0 aliphatic heterocycles. The van der Waals surface area contributed by atoms with Crippen LogP contribution in [0.5, 0.6) is 0 Å². The molecule has 0 aliphatic rings. The molecule has 0 spiro atoms. The highest BCUT2D eigenvalue weighted by atomic mass is 14.7. The van der Waals surface area contributed by atoms with Crippen molar-refractivity contribution in [3.8, 4) is 0 Å². The van der Waals surface area contributed by atoms with Crippen LogP contribution in [0.1, 0.15) is 12.0 Å². The van der Waals surface area contributed by atoms with Gasteiger partial charge in [-0.3, -0.25) is 9.98 Å². The van der Waals surface area contributed by atoms with Crippen molar-refractivity contribution in [3.63, 3.8) is 0 Å². The molecule has 2 nitrogen and oxygen atoms in total. The third-order valence-corrected chi connectivity index (χ3v) is 2.45. The first-order valence-electron chi connectivity index (χ1n) is 6.05. The Morgan fingerprint density at radius 1 is 0.778 bits per heavy atom. The molecule has 0 radical (unpaired) electrons. The number of rotatable bonds is 5. The van der Waals surface area contributed by atoms with Gasteiger partial charge in [-0.05, 0) is 17.7 Å². The van der Waals surface area contributed by atoms with Crippen LogP contribution < -0.4 is 0 Å². The fourth-order valence-corrected chi connectivity index (χ4v) is 1.55. The largest absolute Gasteiger partial charge is 0.292 e. The van der Waals surface area contributed by atoms with Crippen LogP contribution in [0.3, 0.4) is 0 Å². The average molecular weight is 236 g/mol. The molecular weight excluding hydrogens is 220 g/mol. The van der Waals surface area contributed by atoms with Crippen molar-refractivity contribution in [1.82, 2.24) is 0 Å². The van der Waals surface area contributed by atoms with Crippen LogP contribution in [0.2, 0.25) is 0 Å². The van der Waals surface area contributed by atoms with Gasteiger partial charge in [-0.15, -0.1) is 0 Å². The van der Waals surface area contributed by atoms with Gasteiger partial charge in [0.25, 0.3) is 0 Å². The van der Waals surface area contributed by atoms with Crippen molar-refractivity contribution >= 4 is 18.1 Å². The fraction of sp³-hybridized carbons (Fsp3) is 0.125. The zero-order valence-electron chi connectivity index (χ0n) is 10.2. The first-order valence-corrected chi connectivity index (χ1v) is 6.05. The summed E-state index contributed by atoms with van der Waals surface area (Å²) in [6.45, 7) is 0.736. The van der Waals surface area contributed by atoms with Crippen LogP contribution in [-0.2, 0) is 6.54 Å². The standard InChI is InChI=1S/C16H16N2/c1-3-8-15(9-4-1)14-17-12-7-13-18-16-10-5-2-6-11-16/h1-6,8-13H,7,14H2/b17-12+,18-13+.